The molecule has 2 N–H and O–H groups in total. The summed E-state index contributed by atoms with van der Waals surface area (Å²) in [7, 11) is 0. The van der Waals surface area contributed by atoms with E-state index in [-0.39, 0.29) is 0 Å². The zero-order valence-corrected chi connectivity index (χ0v) is 13.0. The summed E-state index contributed by atoms with van der Waals surface area (Å²) in [4.78, 5) is 5.86. The highest BCUT2D eigenvalue weighted by atomic mass is 32.1. The Bertz CT molecular complexity index is 388. The van der Waals surface area contributed by atoms with Gasteiger partial charge in [0.05, 0.1) is 6.54 Å². The largest absolute Gasteiger partial charge is 0.381 e. The van der Waals surface area contributed by atoms with Crippen LogP contribution in [-0.4, -0.2) is 32.3 Å². The van der Waals surface area contributed by atoms with Crippen molar-refractivity contribution in [2.75, 3.05) is 26.3 Å². The zero-order chi connectivity index (χ0) is 14.0. The molecule has 1 aromatic heterocycles. The summed E-state index contributed by atoms with van der Waals surface area (Å²) >= 11 is 1.74. The van der Waals surface area contributed by atoms with Crippen molar-refractivity contribution in [2.45, 2.75) is 32.7 Å². The molecule has 5 heteroatoms. The van der Waals surface area contributed by atoms with Gasteiger partial charge in [0.15, 0.2) is 5.96 Å². The van der Waals surface area contributed by atoms with Gasteiger partial charge in [-0.05, 0) is 43.6 Å². The lowest BCUT2D eigenvalue weighted by molar-refractivity contribution is 0.123. The Labute approximate surface area is 125 Å². The van der Waals surface area contributed by atoms with Crippen LogP contribution in [0.4, 0.5) is 0 Å². The van der Waals surface area contributed by atoms with Crippen molar-refractivity contribution in [2.24, 2.45) is 10.9 Å². The first-order valence-corrected chi connectivity index (χ1v) is 8.38. The summed E-state index contributed by atoms with van der Waals surface area (Å²) in [5, 5.41) is 8.70. The predicted molar refractivity (Wildman–Crippen MR) is 85.3 cm³/mol. The fraction of sp³-hybridized carbons (Fsp3) is 0.667. The summed E-state index contributed by atoms with van der Waals surface area (Å²) in [6.45, 7) is 6.40. The van der Waals surface area contributed by atoms with E-state index < -0.39 is 0 Å². The number of aliphatic imine (C=N–C) groups is 1. The third-order valence-corrected chi connectivity index (χ3v) is 3.99. The average molecular weight is 295 g/mol. The molecule has 1 aromatic rings. The Kier molecular flexibility index (Phi) is 6.88. The maximum Gasteiger partial charge on any atom is 0.191 e. The summed E-state index contributed by atoms with van der Waals surface area (Å²) < 4.78 is 5.62. The Morgan fingerprint density at radius 3 is 3.05 bits per heavy atom. The van der Waals surface area contributed by atoms with Gasteiger partial charge in [-0.1, -0.05) is 6.07 Å². The number of guanidine groups is 1. The van der Waals surface area contributed by atoms with Gasteiger partial charge in [0.1, 0.15) is 0 Å². The van der Waals surface area contributed by atoms with Crippen LogP contribution < -0.4 is 10.6 Å². The maximum absolute atomic E-state index is 5.62. The molecule has 1 saturated carbocycles. The van der Waals surface area contributed by atoms with Gasteiger partial charge in [0.25, 0.3) is 0 Å². The molecule has 1 aliphatic rings. The molecule has 0 saturated heterocycles. The molecule has 1 aliphatic carbocycles. The van der Waals surface area contributed by atoms with E-state index in [1.165, 1.54) is 17.7 Å². The smallest absolute Gasteiger partial charge is 0.191 e. The van der Waals surface area contributed by atoms with Gasteiger partial charge in [-0.15, -0.1) is 11.3 Å². The highest BCUT2D eigenvalue weighted by Crippen LogP contribution is 2.28. The normalized spacial score (nSPS) is 15.3. The van der Waals surface area contributed by atoms with E-state index in [0.717, 1.165) is 51.1 Å². The van der Waals surface area contributed by atoms with Gasteiger partial charge in [-0.25, -0.2) is 4.99 Å². The predicted octanol–water partition coefficient (Wildman–Crippen LogP) is 2.62. The van der Waals surface area contributed by atoms with Crippen molar-refractivity contribution < 1.29 is 4.74 Å². The molecule has 0 radical (unpaired) electrons. The molecule has 0 bridgehead atoms. The van der Waals surface area contributed by atoms with Crippen molar-refractivity contribution in [3.05, 3.63) is 22.4 Å². The molecule has 0 unspecified atom stereocenters. The number of nitrogens with zero attached hydrogens (tertiary/aromatic N) is 1. The van der Waals surface area contributed by atoms with E-state index in [0.29, 0.717) is 0 Å². The second kappa shape index (κ2) is 8.97. The number of nitrogens with one attached hydrogen (secondary N) is 2. The van der Waals surface area contributed by atoms with Crippen LogP contribution in [0.2, 0.25) is 0 Å². The van der Waals surface area contributed by atoms with Crippen LogP contribution >= 0.6 is 11.3 Å². The summed E-state index contributed by atoms with van der Waals surface area (Å²) in [5.41, 5.74) is 0. The molecule has 4 nitrogen and oxygen atoms in total. The van der Waals surface area contributed by atoms with E-state index in [2.05, 4.69) is 40.1 Å². The van der Waals surface area contributed by atoms with Crippen molar-refractivity contribution in [1.29, 1.82) is 0 Å². The van der Waals surface area contributed by atoms with Gasteiger partial charge in [0, 0.05) is 31.2 Å². The Morgan fingerprint density at radius 1 is 1.45 bits per heavy atom. The third kappa shape index (κ3) is 6.39. The van der Waals surface area contributed by atoms with Gasteiger partial charge in [-0.2, -0.15) is 0 Å². The van der Waals surface area contributed by atoms with E-state index >= 15 is 0 Å². The first-order chi connectivity index (χ1) is 9.88. The van der Waals surface area contributed by atoms with Crippen molar-refractivity contribution >= 4 is 17.3 Å². The Morgan fingerprint density at radius 2 is 2.35 bits per heavy atom. The minimum absolute atomic E-state index is 0.741. The van der Waals surface area contributed by atoms with Crippen molar-refractivity contribution in [1.82, 2.24) is 10.6 Å². The highest BCUT2D eigenvalue weighted by Gasteiger charge is 2.20. The minimum atomic E-state index is 0.741. The molecular formula is C15H25N3OS. The standard InChI is InChI=1S/C15H25N3OS/c1-2-16-15(18-11-14-5-3-10-20-14)17-8-4-9-19-12-13-6-7-13/h3,5,10,13H,2,4,6-9,11-12H2,1H3,(H2,16,17,18). The lowest BCUT2D eigenvalue weighted by Crippen LogP contribution is -2.38. The van der Waals surface area contributed by atoms with E-state index in [1.54, 1.807) is 11.3 Å². The molecule has 1 fully saturated rings. The van der Waals surface area contributed by atoms with Gasteiger partial charge >= 0.3 is 0 Å². The van der Waals surface area contributed by atoms with E-state index in [9.17, 15) is 0 Å². The zero-order valence-electron chi connectivity index (χ0n) is 12.2. The monoisotopic (exact) mass is 295 g/mol. The SMILES string of the molecule is CCNC(=NCc1cccs1)NCCCOCC1CC1. The number of rotatable bonds is 9. The summed E-state index contributed by atoms with van der Waals surface area (Å²) in [6.07, 6.45) is 3.74. The van der Waals surface area contributed by atoms with Crippen LogP contribution in [-0.2, 0) is 11.3 Å². The van der Waals surface area contributed by atoms with Crippen molar-refractivity contribution in [3.63, 3.8) is 0 Å². The summed E-state index contributed by atoms with van der Waals surface area (Å²) in [6, 6.07) is 4.18. The number of thiophene rings is 1. The van der Waals surface area contributed by atoms with Gasteiger partial charge in [0.2, 0.25) is 0 Å². The molecule has 20 heavy (non-hydrogen) atoms. The van der Waals surface area contributed by atoms with Crippen LogP contribution in [0.15, 0.2) is 22.5 Å². The molecular weight excluding hydrogens is 270 g/mol. The van der Waals surface area contributed by atoms with E-state index in [4.69, 9.17) is 4.74 Å². The first kappa shape index (κ1) is 15.3. The molecule has 0 atom stereocenters. The molecule has 0 spiro atoms. The lowest BCUT2D eigenvalue weighted by Gasteiger charge is -2.11. The number of ether oxygens (including phenoxy) is 1. The minimum Gasteiger partial charge on any atom is -0.381 e. The second-order valence-corrected chi connectivity index (χ2v) is 6.11. The fourth-order valence-electron chi connectivity index (χ4n) is 1.82. The van der Waals surface area contributed by atoms with Crippen molar-refractivity contribution in [3.8, 4) is 0 Å². The molecule has 0 aliphatic heterocycles. The molecule has 2 rings (SSSR count). The van der Waals surface area contributed by atoms with Crippen LogP contribution in [0.25, 0.3) is 0 Å². The molecule has 0 amide bonds. The Hall–Kier alpha value is -1.07. The highest BCUT2D eigenvalue weighted by molar-refractivity contribution is 7.09. The number of hydrogen-bond acceptors (Lipinski definition) is 3. The molecule has 112 valence electrons. The quantitative estimate of drug-likeness (QED) is 0.418. The Balaban J connectivity index is 1.59. The fourth-order valence-corrected chi connectivity index (χ4v) is 2.44. The lowest BCUT2D eigenvalue weighted by atomic mass is 10.4. The van der Waals surface area contributed by atoms with Crippen LogP contribution in [0, 0.1) is 5.92 Å². The topological polar surface area (TPSA) is 45.7 Å². The molecule has 0 aromatic carbocycles. The maximum atomic E-state index is 5.62. The van der Waals surface area contributed by atoms with Crippen LogP contribution in [0.5, 0.6) is 0 Å². The average Bonchev–Trinajstić information content (AvgIpc) is 3.13. The first-order valence-electron chi connectivity index (χ1n) is 7.50. The van der Waals surface area contributed by atoms with Crippen LogP contribution in [0.3, 0.4) is 0 Å². The summed E-state index contributed by atoms with van der Waals surface area (Å²) in [5.74, 6) is 1.75. The number of hydrogen-bond donors (Lipinski definition) is 2. The van der Waals surface area contributed by atoms with Crippen LogP contribution in [0.1, 0.15) is 31.1 Å². The van der Waals surface area contributed by atoms with Gasteiger partial charge in [-0.3, -0.25) is 0 Å². The second-order valence-electron chi connectivity index (χ2n) is 5.07. The van der Waals surface area contributed by atoms with E-state index in [1.807, 2.05) is 0 Å². The molecule has 1 heterocycles. The van der Waals surface area contributed by atoms with Gasteiger partial charge < -0.3 is 15.4 Å². The third-order valence-electron chi connectivity index (χ3n) is 3.13.